The average Bonchev–Trinajstić information content (AvgIpc) is 2.66. The topological polar surface area (TPSA) is 83.0 Å². The molecule has 0 amide bonds. The molecular weight excluding hydrogens is 503 g/mol. The molecule has 2 aliphatic rings. The maximum atomic E-state index is 12.2. The molecule has 172 valence electrons. The van der Waals surface area contributed by atoms with E-state index in [0.717, 1.165) is 44.7 Å². The van der Waals surface area contributed by atoms with E-state index in [1.54, 1.807) is 11.4 Å². The van der Waals surface area contributed by atoms with Gasteiger partial charge < -0.3 is 15.4 Å². The Kier molecular flexibility index (Phi) is 11.2. The van der Waals surface area contributed by atoms with Crippen molar-refractivity contribution in [3.8, 4) is 0 Å². The van der Waals surface area contributed by atoms with E-state index in [4.69, 9.17) is 4.74 Å². The molecule has 2 N–H and O–H groups in total. The highest BCUT2D eigenvalue weighted by atomic mass is 127. The molecule has 1 aliphatic heterocycles. The fourth-order valence-corrected chi connectivity index (χ4v) is 5.52. The van der Waals surface area contributed by atoms with Crippen molar-refractivity contribution in [2.24, 2.45) is 10.4 Å². The van der Waals surface area contributed by atoms with Gasteiger partial charge in [0.2, 0.25) is 10.0 Å². The summed E-state index contributed by atoms with van der Waals surface area (Å²) in [4.78, 5) is 4.39. The summed E-state index contributed by atoms with van der Waals surface area (Å²) in [6.45, 7) is 10.6. The van der Waals surface area contributed by atoms with Gasteiger partial charge in [-0.3, -0.25) is 4.99 Å². The predicted octanol–water partition coefficient (Wildman–Crippen LogP) is 2.96. The third-order valence-electron chi connectivity index (χ3n) is 6.18. The van der Waals surface area contributed by atoms with Crippen LogP contribution in [0.2, 0.25) is 0 Å². The summed E-state index contributed by atoms with van der Waals surface area (Å²) in [5.74, 6) is 1.05. The Morgan fingerprint density at radius 1 is 1.17 bits per heavy atom. The number of hydrogen-bond acceptors (Lipinski definition) is 4. The van der Waals surface area contributed by atoms with E-state index < -0.39 is 10.0 Å². The molecule has 0 spiro atoms. The average molecular weight is 545 g/mol. The molecule has 0 bridgehead atoms. The van der Waals surface area contributed by atoms with Crippen molar-refractivity contribution >= 4 is 40.0 Å². The van der Waals surface area contributed by atoms with Crippen LogP contribution in [-0.4, -0.2) is 69.4 Å². The second kappa shape index (κ2) is 12.0. The molecular formula is C20H41IN4O3S. The van der Waals surface area contributed by atoms with Crippen LogP contribution in [0, 0.1) is 5.41 Å². The Balaban J connectivity index is 0.00000420. The maximum Gasteiger partial charge on any atom is 0.214 e. The molecule has 1 saturated heterocycles. The summed E-state index contributed by atoms with van der Waals surface area (Å²) in [7, 11) is -1.30. The van der Waals surface area contributed by atoms with Gasteiger partial charge in [0.05, 0.1) is 11.9 Å². The van der Waals surface area contributed by atoms with Crippen LogP contribution in [-0.2, 0) is 14.8 Å². The van der Waals surface area contributed by atoms with E-state index in [2.05, 4.69) is 36.4 Å². The zero-order valence-electron chi connectivity index (χ0n) is 18.7. The van der Waals surface area contributed by atoms with Crippen molar-refractivity contribution in [1.29, 1.82) is 0 Å². The van der Waals surface area contributed by atoms with Gasteiger partial charge in [-0.1, -0.05) is 34.1 Å². The molecule has 1 heterocycles. The molecule has 0 radical (unpaired) electrons. The highest BCUT2D eigenvalue weighted by Crippen LogP contribution is 2.42. The van der Waals surface area contributed by atoms with Gasteiger partial charge >= 0.3 is 0 Å². The summed E-state index contributed by atoms with van der Waals surface area (Å²) in [6, 6.07) is 0.578. The Hall–Kier alpha value is -0.130. The van der Waals surface area contributed by atoms with Crippen LogP contribution >= 0.6 is 24.0 Å². The van der Waals surface area contributed by atoms with Gasteiger partial charge in [0.25, 0.3) is 0 Å². The Labute approximate surface area is 194 Å². The van der Waals surface area contributed by atoms with Gasteiger partial charge in [0.15, 0.2) is 5.96 Å². The van der Waals surface area contributed by atoms with Crippen molar-refractivity contribution in [2.75, 3.05) is 32.5 Å². The van der Waals surface area contributed by atoms with Crippen molar-refractivity contribution in [3.05, 3.63) is 0 Å². The van der Waals surface area contributed by atoms with Crippen LogP contribution in [0.25, 0.3) is 0 Å². The molecule has 1 aliphatic carbocycles. The lowest BCUT2D eigenvalue weighted by atomic mass is 9.64. The summed E-state index contributed by atoms with van der Waals surface area (Å²) in [6.07, 6.45) is 5.83. The van der Waals surface area contributed by atoms with Crippen LogP contribution in [0.4, 0.5) is 0 Å². The minimum Gasteiger partial charge on any atom is -0.378 e. The number of nitrogens with one attached hydrogen (secondary N) is 2. The van der Waals surface area contributed by atoms with Gasteiger partial charge in [0, 0.05) is 44.2 Å². The van der Waals surface area contributed by atoms with E-state index in [9.17, 15) is 8.42 Å². The number of sulfonamides is 1. The number of guanidine groups is 1. The molecule has 2 atom stereocenters. The van der Waals surface area contributed by atoms with Crippen molar-refractivity contribution < 1.29 is 13.2 Å². The molecule has 7 nitrogen and oxygen atoms in total. The number of halogens is 1. The normalized spacial score (nSPS) is 25.8. The first-order valence-corrected chi connectivity index (χ1v) is 12.4. The highest BCUT2D eigenvalue weighted by Gasteiger charge is 2.49. The highest BCUT2D eigenvalue weighted by molar-refractivity contribution is 14.0. The number of hydrogen-bond donors (Lipinski definition) is 2. The number of nitrogens with zero attached hydrogens (tertiary/aromatic N) is 2. The zero-order chi connectivity index (χ0) is 20.8. The predicted molar refractivity (Wildman–Crippen MR) is 131 cm³/mol. The molecule has 0 aromatic heterocycles. The van der Waals surface area contributed by atoms with Crippen LogP contribution in [0.1, 0.15) is 66.2 Å². The molecule has 9 heteroatoms. The van der Waals surface area contributed by atoms with Gasteiger partial charge in [-0.25, -0.2) is 12.7 Å². The van der Waals surface area contributed by atoms with Crippen molar-refractivity contribution in [2.45, 2.75) is 84.4 Å². The van der Waals surface area contributed by atoms with E-state index in [-0.39, 0.29) is 41.2 Å². The van der Waals surface area contributed by atoms with Gasteiger partial charge in [-0.2, -0.15) is 0 Å². The molecule has 1 saturated carbocycles. The summed E-state index contributed by atoms with van der Waals surface area (Å²) >= 11 is 0. The molecule has 2 unspecified atom stereocenters. The van der Waals surface area contributed by atoms with Crippen LogP contribution in [0.15, 0.2) is 4.99 Å². The van der Waals surface area contributed by atoms with Crippen LogP contribution in [0.3, 0.4) is 0 Å². The van der Waals surface area contributed by atoms with Crippen LogP contribution in [0.5, 0.6) is 0 Å². The second-order valence-corrected chi connectivity index (χ2v) is 10.8. The van der Waals surface area contributed by atoms with Gasteiger partial charge in [-0.05, 0) is 32.1 Å². The number of ether oxygens (including phenoxy) is 1. The molecule has 2 rings (SSSR count). The number of rotatable bonds is 9. The molecule has 29 heavy (non-hydrogen) atoms. The quantitative estimate of drug-likeness (QED) is 0.202. The van der Waals surface area contributed by atoms with Gasteiger partial charge in [-0.15, -0.1) is 24.0 Å². The maximum absolute atomic E-state index is 12.2. The third kappa shape index (κ3) is 7.21. The molecule has 0 aromatic rings. The lowest BCUT2D eigenvalue weighted by molar-refractivity contribution is -0.113. The lowest BCUT2D eigenvalue weighted by Crippen LogP contribution is -2.64. The number of piperidine rings is 1. The second-order valence-electron chi connectivity index (χ2n) is 8.67. The molecule has 0 aromatic carbocycles. The Morgan fingerprint density at radius 3 is 2.34 bits per heavy atom. The van der Waals surface area contributed by atoms with E-state index >= 15 is 0 Å². The first-order valence-electron chi connectivity index (χ1n) is 10.8. The van der Waals surface area contributed by atoms with Crippen molar-refractivity contribution in [1.82, 2.24) is 14.9 Å². The van der Waals surface area contributed by atoms with E-state index in [1.807, 2.05) is 6.92 Å². The fourth-order valence-electron chi connectivity index (χ4n) is 3.98. The monoisotopic (exact) mass is 544 g/mol. The largest absolute Gasteiger partial charge is 0.378 e. The number of aliphatic imine (C=N–C) groups is 1. The third-order valence-corrected chi connectivity index (χ3v) is 8.26. The summed E-state index contributed by atoms with van der Waals surface area (Å²) in [5.41, 5.74) is 0.0724. The first kappa shape index (κ1) is 26.9. The van der Waals surface area contributed by atoms with Gasteiger partial charge in [0.1, 0.15) is 0 Å². The van der Waals surface area contributed by atoms with Crippen molar-refractivity contribution in [3.63, 3.8) is 0 Å². The Bertz CT molecular complexity index is 619. The smallest absolute Gasteiger partial charge is 0.214 e. The Morgan fingerprint density at radius 2 is 1.83 bits per heavy atom. The van der Waals surface area contributed by atoms with E-state index in [1.165, 1.54) is 0 Å². The SMILES string of the molecule is CCCCOC1CC(NC(=NC)NC2CCN(S(=O)(=O)CCC)CC2)C1(C)C.I. The summed E-state index contributed by atoms with van der Waals surface area (Å²) < 4.78 is 32.1. The lowest BCUT2D eigenvalue weighted by Gasteiger charge is -2.52. The summed E-state index contributed by atoms with van der Waals surface area (Å²) in [5, 5.41) is 7.04. The molecule has 2 fully saturated rings. The minimum absolute atomic E-state index is 0. The minimum atomic E-state index is -3.09. The van der Waals surface area contributed by atoms with E-state index in [0.29, 0.717) is 31.7 Å². The standard InChI is InChI=1S/C20H40N4O3S.HI/c1-6-8-13-27-18-15-17(20(18,3)4)23-19(21-5)22-16-9-11-24(12-10-16)28(25,26)14-7-2;/h16-18H,6-15H2,1-5H3,(H2,21,22,23);1H. The number of unbranched alkanes of at least 4 members (excludes halogenated alkanes) is 1. The fraction of sp³-hybridized carbons (Fsp3) is 0.950. The zero-order valence-corrected chi connectivity index (χ0v) is 21.9. The first-order chi connectivity index (χ1) is 13.2. The van der Waals surface area contributed by atoms with Crippen LogP contribution < -0.4 is 10.6 Å².